The zero-order chi connectivity index (χ0) is 23.2. The first-order valence-corrected chi connectivity index (χ1v) is 11.7. The molecule has 1 saturated heterocycles. The van der Waals surface area contributed by atoms with E-state index in [0.29, 0.717) is 32.0 Å². The molecule has 1 saturated carbocycles. The Balaban J connectivity index is 1.11. The van der Waals surface area contributed by atoms with E-state index in [1.807, 2.05) is 11.0 Å². The van der Waals surface area contributed by atoms with E-state index in [0.717, 1.165) is 60.1 Å². The highest BCUT2D eigenvalue weighted by Gasteiger charge is 2.26. The average Bonchev–Trinajstić information content (AvgIpc) is 3.50. The van der Waals surface area contributed by atoms with Crippen LogP contribution in [0.25, 0.3) is 10.9 Å². The van der Waals surface area contributed by atoms with Gasteiger partial charge in [0.2, 0.25) is 5.95 Å². The fourth-order valence-corrected chi connectivity index (χ4v) is 4.81. The van der Waals surface area contributed by atoms with Gasteiger partial charge in [-0.25, -0.2) is 4.98 Å². The smallest absolute Gasteiger partial charge is 0.270 e. The number of anilines is 1. The molecule has 3 aliphatic rings. The van der Waals surface area contributed by atoms with Crippen molar-refractivity contribution in [3.63, 3.8) is 0 Å². The van der Waals surface area contributed by atoms with Crippen molar-refractivity contribution in [2.75, 3.05) is 31.1 Å². The monoisotopic (exact) mass is 463 g/mol. The number of carbonyl (C=O) groups excluding carboxylic acids is 1. The molecule has 6 rings (SSSR count). The highest BCUT2D eigenvalue weighted by Crippen LogP contribution is 2.26. The van der Waals surface area contributed by atoms with Crippen molar-refractivity contribution in [1.82, 2.24) is 20.2 Å². The van der Waals surface area contributed by atoms with Crippen molar-refractivity contribution in [1.29, 1.82) is 0 Å². The third-order valence-corrected chi connectivity index (χ3v) is 6.88. The lowest BCUT2D eigenvalue weighted by atomic mass is 10.0. The summed E-state index contributed by atoms with van der Waals surface area (Å²) in [5.41, 5.74) is 4.16. The second-order valence-corrected chi connectivity index (χ2v) is 9.30. The normalized spacial score (nSPS) is 18.3. The number of hydrogen-bond acceptors (Lipinski definition) is 6. The molecule has 2 fully saturated rings. The number of carbonyl (C=O) groups is 1. The van der Waals surface area contributed by atoms with Gasteiger partial charge in [0.1, 0.15) is 5.69 Å². The Morgan fingerprint density at radius 2 is 1.91 bits per heavy atom. The van der Waals surface area contributed by atoms with Crippen molar-refractivity contribution < 1.29 is 13.9 Å². The van der Waals surface area contributed by atoms with E-state index < -0.39 is 5.95 Å². The van der Waals surface area contributed by atoms with Gasteiger partial charge in [-0.1, -0.05) is 12.1 Å². The number of fused-ring (bicyclic) bond motifs is 3. The minimum absolute atomic E-state index is 0.0718. The van der Waals surface area contributed by atoms with Crippen molar-refractivity contribution >= 4 is 22.5 Å². The Kier molecular flexibility index (Phi) is 5.30. The van der Waals surface area contributed by atoms with Gasteiger partial charge < -0.3 is 19.9 Å². The molecule has 1 amide bonds. The molecule has 8 nitrogen and oxygen atoms in total. The van der Waals surface area contributed by atoms with Gasteiger partial charge in [-0.05, 0) is 42.2 Å². The van der Waals surface area contributed by atoms with Crippen LogP contribution >= 0.6 is 0 Å². The first-order chi connectivity index (χ1) is 16.5. The fraction of sp³-hybridized carbons (Fsp3) is 0.400. The summed E-state index contributed by atoms with van der Waals surface area (Å²) in [4.78, 5) is 35.6. The number of ether oxygens (including phenoxy) is 1. The molecule has 0 spiro atoms. The minimum Gasteiger partial charge on any atom is -0.372 e. The molecule has 0 atom stereocenters. The van der Waals surface area contributed by atoms with Crippen LogP contribution in [0.1, 0.15) is 40.0 Å². The van der Waals surface area contributed by atoms with Gasteiger partial charge in [0.15, 0.2) is 0 Å². The standard InChI is InChI=1S/C25H26FN5O3/c26-23-22(6-5-20(28-23)25(33)27-16-2-3-16)31-9-7-30(8-10-31)12-15-1-4-17-18-13-34-14-19(18)24(32)29-21(17)11-15/h1,4-6,11,16H,2-3,7-10,12-14H2,(H,27,33)(H,29,32). The molecule has 2 aliphatic heterocycles. The molecule has 1 aliphatic carbocycles. The SMILES string of the molecule is O=C(NC1CC1)c1ccc(N2CCN(Cc3ccc4c5c(c(=O)[nH]c4c3)COC5)CC2)c(F)n1. The first kappa shape index (κ1) is 21.2. The summed E-state index contributed by atoms with van der Waals surface area (Å²) >= 11 is 0. The first-order valence-electron chi connectivity index (χ1n) is 11.7. The van der Waals surface area contributed by atoms with Crippen LogP contribution in [0.3, 0.4) is 0 Å². The summed E-state index contributed by atoms with van der Waals surface area (Å²) in [6.45, 7) is 4.49. The highest BCUT2D eigenvalue weighted by molar-refractivity contribution is 5.92. The summed E-state index contributed by atoms with van der Waals surface area (Å²) in [5.74, 6) is -0.918. The van der Waals surface area contributed by atoms with E-state index in [9.17, 15) is 14.0 Å². The minimum atomic E-state index is -0.605. The molecule has 0 radical (unpaired) electrons. The maximum atomic E-state index is 14.7. The van der Waals surface area contributed by atoms with Gasteiger partial charge in [-0.15, -0.1) is 0 Å². The van der Waals surface area contributed by atoms with Crippen LogP contribution < -0.4 is 15.8 Å². The van der Waals surface area contributed by atoms with E-state index in [1.54, 1.807) is 12.1 Å². The van der Waals surface area contributed by atoms with E-state index in [1.165, 1.54) is 0 Å². The summed E-state index contributed by atoms with van der Waals surface area (Å²) in [6.07, 6.45) is 1.95. The fourth-order valence-electron chi connectivity index (χ4n) is 4.81. The predicted octanol–water partition coefficient (Wildman–Crippen LogP) is 2.31. The Morgan fingerprint density at radius 1 is 1.12 bits per heavy atom. The molecule has 1 aromatic carbocycles. The molecule has 4 heterocycles. The Bertz CT molecular complexity index is 1330. The molecule has 2 aromatic heterocycles. The van der Waals surface area contributed by atoms with Crippen molar-refractivity contribution in [2.24, 2.45) is 0 Å². The number of aromatic amines is 1. The van der Waals surface area contributed by atoms with Crippen molar-refractivity contribution in [2.45, 2.75) is 38.6 Å². The summed E-state index contributed by atoms with van der Waals surface area (Å²) < 4.78 is 20.1. The zero-order valence-electron chi connectivity index (χ0n) is 18.8. The van der Waals surface area contributed by atoms with Crippen LogP contribution in [0.2, 0.25) is 0 Å². The van der Waals surface area contributed by atoms with Crippen molar-refractivity contribution in [3.05, 3.63) is 69.0 Å². The van der Waals surface area contributed by atoms with Crippen LogP contribution in [-0.4, -0.2) is 53.0 Å². The largest absolute Gasteiger partial charge is 0.372 e. The second kappa shape index (κ2) is 8.48. The third kappa shape index (κ3) is 4.05. The average molecular weight is 464 g/mol. The van der Waals surface area contributed by atoms with E-state index >= 15 is 0 Å². The number of amides is 1. The molecular formula is C25H26FN5O3. The number of benzene rings is 1. The molecule has 9 heteroatoms. The van der Waals surface area contributed by atoms with E-state index in [-0.39, 0.29) is 23.2 Å². The molecule has 176 valence electrons. The lowest BCUT2D eigenvalue weighted by molar-refractivity contribution is 0.0945. The van der Waals surface area contributed by atoms with Crippen molar-refractivity contribution in [3.8, 4) is 0 Å². The number of H-pyrrole nitrogens is 1. The predicted molar refractivity (Wildman–Crippen MR) is 125 cm³/mol. The Hall–Kier alpha value is -3.30. The molecule has 0 bridgehead atoms. The van der Waals surface area contributed by atoms with Crippen LogP contribution in [0.15, 0.2) is 35.1 Å². The quantitative estimate of drug-likeness (QED) is 0.565. The molecule has 34 heavy (non-hydrogen) atoms. The van der Waals surface area contributed by atoms with E-state index in [2.05, 4.69) is 32.3 Å². The number of hydrogen-bond donors (Lipinski definition) is 2. The van der Waals surface area contributed by atoms with Crippen LogP contribution in [-0.2, 0) is 24.5 Å². The second-order valence-electron chi connectivity index (χ2n) is 9.30. The number of aromatic nitrogens is 2. The summed E-state index contributed by atoms with van der Waals surface area (Å²) in [5, 5.41) is 3.88. The van der Waals surface area contributed by atoms with Gasteiger partial charge in [-0.3, -0.25) is 14.5 Å². The number of nitrogens with one attached hydrogen (secondary N) is 2. The maximum Gasteiger partial charge on any atom is 0.270 e. The number of pyridine rings is 2. The Morgan fingerprint density at radius 3 is 2.68 bits per heavy atom. The molecule has 2 N–H and O–H groups in total. The lowest BCUT2D eigenvalue weighted by Gasteiger charge is -2.36. The number of rotatable bonds is 5. The molecular weight excluding hydrogens is 437 g/mol. The van der Waals surface area contributed by atoms with Gasteiger partial charge in [0.05, 0.1) is 18.9 Å². The van der Waals surface area contributed by atoms with Gasteiger partial charge in [-0.2, -0.15) is 4.39 Å². The molecule has 3 aromatic rings. The van der Waals surface area contributed by atoms with Crippen LogP contribution in [0, 0.1) is 5.95 Å². The van der Waals surface area contributed by atoms with Crippen LogP contribution in [0.4, 0.5) is 10.1 Å². The number of nitrogens with zero attached hydrogens (tertiary/aromatic N) is 3. The third-order valence-electron chi connectivity index (χ3n) is 6.88. The summed E-state index contributed by atoms with van der Waals surface area (Å²) in [7, 11) is 0. The topological polar surface area (TPSA) is 90.6 Å². The maximum absolute atomic E-state index is 14.7. The van der Waals surface area contributed by atoms with Crippen LogP contribution in [0.5, 0.6) is 0 Å². The lowest BCUT2D eigenvalue weighted by Crippen LogP contribution is -2.46. The van der Waals surface area contributed by atoms with Gasteiger partial charge >= 0.3 is 0 Å². The van der Waals surface area contributed by atoms with E-state index in [4.69, 9.17) is 4.74 Å². The number of piperazine rings is 1. The zero-order valence-corrected chi connectivity index (χ0v) is 18.8. The number of halogens is 1. The Labute approximate surface area is 195 Å². The highest BCUT2D eigenvalue weighted by atomic mass is 19.1. The molecule has 0 unspecified atom stereocenters. The van der Waals surface area contributed by atoms with Gasteiger partial charge in [0.25, 0.3) is 11.5 Å². The van der Waals surface area contributed by atoms with Gasteiger partial charge in [0, 0.05) is 55.2 Å². The summed E-state index contributed by atoms with van der Waals surface area (Å²) in [6, 6.07) is 9.66.